The summed E-state index contributed by atoms with van der Waals surface area (Å²) in [5, 5.41) is 5.39. The number of rotatable bonds is 7. The highest BCUT2D eigenvalue weighted by atomic mass is 32.2. The zero-order valence-electron chi connectivity index (χ0n) is 18.7. The molecule has 3 amide bonds. The van der Waals surface area contributed by atoms with E-state index in [9.17, 15) is 22.8 Å². The number of nitrogens with zero attached hydrogens (tertiary/aromatic N) is 2. The number of aromatic nitrogens is 1. The number of imide groups is 1. The zero-order valence-corrected chi connectivity index (χ0v) is 19.5. The van der Waals surface area contributed by atoms with Crippen molar-refractivity contribution in [3.8, 4) is 0 Å². The van der Waals surface area contributed by atoms with Crippen LogP contribution in [0.15, 0.2) is 28.0 Å². The molecule has 0 aliphatic heterocycles. The Hall–Kier alpha value is -2.20. The molecule has 0 atom stereocenters. The van der Waals surface area contributed by atoms with Gasteiger partial charge in [-0.05, 0) is 62.3 Å². The number of hydrogen-bond donors (Lipinski definition) is 2. The van der Waals surface area contributed by atoms with Crippen LogP contribution in [0.3, 0.4) is 0 Å². The van der Waals surface area contributed by atoms with Crippen LogP contribution in [0.1, 0.15) is 52.4 Å². The summed E-state index contributed by atoms with van der Waals surface area (Å²) in [5.41, 5.74) is -0.742. The van der Waals surface area contributed by atoms with E-state index < -0.39 is 34.1 Å². The van der Waals surface area contributed by atoms with Crippen molar-refractivity contribution in [2.75, 3.05) is 13.1 Å². The molecule has 1 heterocycles. The minimum atomic E-state index is -3.77. The third-order valence-corrected chi connectivity index (χ3v) is 9.32. The molecule has 1 aromatic heterocycles. The minimum Gasteiger partial charge on any atom is -0.332 e. The Labute approximate surface area is 188 Å². The maximum absolute atomic E-state index is 12.7. The van der Waals surface area contributed by atoms with Crippen molar-refractivity contribution < 1.29 is 18.0 Å². The first-order valence-electron chi connectivity index (χ1n) is 11.5. The summed E-state index contributed by atoms with van der Waals surface area (Å²) in [4.78, 5) is 37.2. The molecule has 4 saturated carbocycles. The average molecular weight is 465 g/mol. The molecule has 0 unspecified atom stereocenters. The van der Waals surface area contributed by atoms with E-state index in [1.807, 2.05) is 0 Å². The zero-order chi connectivity index (χ0) is 23.1. The summed E-state index contributed by atoms with van der Waals surface area (Å²) in [5.74, 6) is 1.32. The summed E-state index contributed by atoms with van der Waals surface area (Å²) in [6, 6.07) is 1.82. The molecule has 4 bridgehead atoms. The van der Waals surface area contributed by atoms with Gasteiger partial charge in [0.15, 0.2) is 0 Å². The van der Waals surface area contributed by atoms with E-state index in [4.69, 9.17) is 0 Å². The van der Waals surface area contributed by atoms with E-state index in [2.05, 4.69) is 10.6 Å². The lowest BCUT2D eigenvalue weighted by molar-refractivity contribution is -0.120. The molecule has 4 aliphatic carbocycles. The maximum atomic E-state index is 12.7. The third-order valence-electron chi connectivity index (χ3n) is 7.28. The monoisotopic (exact) mass is 464 g/mol. The maximum Gasteiger partial charge on any atom is 0.321 e. The van der Waals surface area contributed by atoms with Crippen LogP contribution in [0.25, 0.3) is 0 Å². The van der Waals surface area contributed by atoms with Crippen LogP contribution in [0, 0.1) is 17.8 Å². The molecular formula is C22H32N4O5S. The highest BCUT2D eigenvalue weighted by Gasteiger charge is 2.51. The molecule has 4 fully saturated rings. The molecule has 10 heteroatoms. The fraction of sp³-hybridized carbons (Fsp3) is 0.682. The van der Waals surface area contributed by atoms with Crippen molar-refractivity contribution in [1.29, 1.82) is 0 Å². The van der Waals surface area contributed by atoms with Crippen molar-refractivity contribution in [2.24, 2.45) is 17.8 Å². The highest BCUT2D eigenvalue weighted by Crippen LogP contribution is 2.55. The Morgan fingerprint density at radius 1 is 1.06 bits per heavy atom. The Balaban J connectivity index is 1.41. The van der Waals surface area contributed by atoms with E-state index in [1.54, 1.807) is 13.8 Å². The molecule has 9 nitrogen and oxygen atoms in total. The standard InChI is InChI=1S/C22H32N4O5S/c1-3-26(4-2)32(30,31)18-5-6-20(28)25(13-18)14-19(27)23-21(29)24-22-10-15-7-16(11-22)9-17(8-15)12-22/h5-6,13,15-17H,3-4,7-12,14H2,1-2H3,(H2,23,24,27,29). The number of amides is 3. The first-order valence-corrected chi connectivity index (χ1v) is 12.9. The van der Waals surface area contributed by atoms with Gasteiger partial charge in [0.05, 0.1) is 4.90 Å². The van der Waals surface area contributed by atoms with Crippen molar-refractivity contribution in [3.63, 3.8) is 0 Å². The summed E-state index contributed by atoms with van der Waals surface area (Å²) >= 11 is 0. The molecule has 32 heavy (non-hydrogen) atoms. The second-order valence-electron chi connectivity index (χ2n) is 9.62. The van der Waals surface area contributed by atoms with Crippen LogP contribution in [-0.2, 0) is 21.4 Å². The van der Waals surface area contributed by atoms with Crippen LogP contribution in [-0.4, -0.2) is 47.9 Å². The largest absolute Gasteiger partial charge is 0.332 e. The molecule has 0 spiro atoms. The Morgan fingerprint density at radius 2 is 1.62 bits per heavy atom. The minimum absolute atomic E-state index is 0.0633. The molecule has 0 aromatic carbocycles. The molecule has 0 radical (unpaired) electrons. The number of urea groups is 1. The highest BCUT2D eigenvalue weighted by molar-refractivity contribution is 7.89. The number of carbonyl (C=O) groups excluding carboxylic acids is 2. The van der Waals surface area contributed by atoms with Crippen molar-refractivity contribution in [2.45, 2.75) is 69.4 Å². The van der Waals surface area contributed by atoms with Gasteiger partial charge >= 0.3 is 6.03 Å². The SMILES string of the molecule is CCN(CC)S(=O)(=O)c1ccc(=O)n(CC(=O)NC(=O)NC23CC4CC(CC(C4)C2)C3)c1. The molecule has 2 N–H and O–H groups in total. The van der Waals surface area contributed by atoms with Gasteiger partial charge in [-0.15, -0.1) is 0 Å². The van der Waals surface area contributed by atoms with Crippen molar-refractivity contribution in [1.82, 2.24) is 19.5 Å². The van der Waals surface area contributed by atoms with Gasteiger partial charge in [-0.1, -0.05) is 13.8 Å². The molecule has 1 aromatic rings. The topological polar surface area (TPSA) is 118 Å². The van der Waals surface area contributed by atoms with Gasteiger partial charge in [0.2, 0.25) is 15.9 Å². The summed E-state index contributed by atoms with van der Waals surface area (Å²) in [6.07, 6.45) is 7.79. The second kappa shape index (κ2) is 8.62. The van der Waals surface area contributed by atoms with Gasteiger partial charge in [0.1, 0.15) is 6.54 Å². The lowest BCUT2D eigenvalue weighted by Gasteiger charge is -2.56. The van der Waals surface area contributed by atoms with Crippen LogP contribution in [0.2, 0.25) is 0 Å². The number of hydrogen-bond acceptors (Lipinski definition) is 5. The van der Waals surface area contributed by atoms with Crippen molar-refractivity contribution in [3.05, 3.63) is 28.7 Å². The van der Waals surface area contributed by atoms with E-state index >= 15 is 0 Å². The summed E-state index contributed by atoms with van der Waals surface area (Å²) in [6.45, 7) is 3.61. The molecule has 176 valence electrons. The fourth-order valence-electron chi connectivity index (χ4n) is 6.35. The van der Waals surface area contributed by atoms with Crippen LogP contribution < -0.4 is 16.2 Å². The average Bonchev–Trinajstić information content (AvgIpc) is 2.68. The fourth-order valence-corrected chi connectivity index (χ4v) is 7.83. The van der Waals surface area contributed by atoms with Gasteiger partial charge < -0.3 is 9.88 Å². The summed E-state index contributed by atoms with van der Waals surface area (Å²) in [7, 11) is -3.77. The number of carbonyl (C=O) groups is 2. The third kappa shape index (κ3) is 4.47. The van der Waals surface area contributed by atoms with E-state index in [-0.39, 0.29) is 10.4 Å². The Kier molecular flexibility index (Phi) is 6.19. The van der Waals surface area contributed by atoms with E-state index in [0.29, 0.717) is 30.8 Å². The second-order valence-corrected chi connectivity index (χ2v) is 11.6. The predicted molar refractivity (Wildman–Crippen MR) is 118 cm³/mol. The molecule has 5 rings (SSSR count). The van der Waals surface area contributed by atoms with Gasteiger partial charge in [0.25, 0.3) is 5.56 Å². The van der Waals surface area contributed by atoms with E-state index in [1.165, 1.54) is 29.6 Å². The first-order chi connectivity index (χ1) is 15.1. The molecular weight excluding hydrogens is 432 g/mol. The smallest absolute Gasteiger partial charge is 0.321 e. The predicted octanol–water partition coefficient (Wildman–Crippen LogP) is 1.67. The van der Waals surface area contributed by atoms with Gasteiger partial charge in [-0.3, -0.25) is 14.9 Å². The number of sulfonamides is 1. The van der Waals surface area contributed by atoms with Crippen molar-refractivity contribution >= 4 is 22.0 Å². The summed E-state index contributed by atoms with van der Waals surface area (Å²) < 4.78 is 27.7. The Morgan fingerprint density at radius 3 is 2.16 bits per heavy atom. The molecule has 0 saturated heterocycles. The van der Waals surface area contributed by atoms with Crippen LogP contribution in [0.5, 0.6) is 0 Å². The first kappa shape index (κ1) is 23.0. The van der Waals surface area contributed by atoms with Gasteiger partial charge in [0, 0.05) is 30.9 Å². The van der Waals surface area contributed by atoms with E-state index in [0.717, 1.165) is 36.1 Å². The van der Waals surface area contributed by atoms with Gasteiger partial charge in [-0.2, -0.15) is 4.31 Å². The van der Waals surface area contributed by atoms with Gasteiger partial charge in [-0.25, -0.2) is 13.2 Å². The lowest BCUT2D eigenvalue weighted by Crippen LogP contribution is -2.62. The quantitative estimate of drug-likeness (QED) is 0.637. The normalized spacial score (nSPS) is 28.7. The van der Waals surface area contributed by atoms with Crippen LogP contribution >= 0.6 is 0 Å². The Bertz CT molecular complexity index is 1030. The molecule has 4 aliphatic rings. The van der Waals surface area contributed by atoms with Crippen LogP contribution in [0.4, 0.5) is 4.79 Å². The lowest BCUT2D eigenvalue weighted by atomic mass is 9.53. The number of nitrogens with one attached hydrogen (secondary N) is 2. The number of pyridine rings is 1.